The van der Waals surface area contributed by atoms with Gasteiger partial charge in [0.15, 0.2) is 5.78 Å². The lowest BCUT2D eigenvalue weighted by atomic mass is 9.86. The van der Waals surface area contributed by atoms with Crippen LogP contribution in [0.2, 0.25) is 0 Å². The molecular formula is C23H30O. The molecule has 0 atom stereocenters. The molecule has 0 amide bonds. The van der Waals surface area contributed by atoms with E-state index in [0.717, 1.165) is 47.9 Å². The van der Waals surface area contributed by atoms with E-state index in [0.29, 0.717) is 0 Å². The molecule has 0 aromatic heterocycles. The molecule has 2 aromatic rings. The Labute approximate surface area is 147 Å². The van der Waals surface area contributed by atoms with Crippen molar-refractivity contribution in [2.24, 2.45) is 0 Å². The zero-order valence-corrected chi connectivity index (χ0v) is 16.0. The maximum atomic E-state index is 13.4. The van der Waals surface area contributed by atoms with E-state index in [1.54, 1.807) is 0 Å². The van der Waals surface area contributed by atoms with E-state index in [-0.39, 0.29) is 5.78 Å². The Morgan fingerprint density at radius 1 is 0.708 bits per heavy atom. The molecule has 0 aliphatic carbocycles. The maximum Gasteiger partial charge on any atom is 0.193 e. The van der Waals surface area contributed by atoms with Crippen molar-refractivity contribution >= 4 is 5.78 Å². The molecule has 128 valence electrons. The molecule has 1 heteroatoms. The van der Waals surface area contributed by atoms with Crippen LogP contribution in [-0.4, -0.2) is 5.78 Å². The first-order valence-electron chi connectivity index (χ1n) is 9.13. The fraction of sp³-hybridized carbons (Fsp3) is 0.435. The molecule has 0 heterocycles. The number of aryl methyl sites for hydroxylation is 4. The number of benzene rings is 2. The minimum absolute atomic E-state index is 0.195. The minimum Gasteiger partial charge on any atom is -0.289 e. The summed E-state index contributed by atoms with van der Waals surface area (Å²) in [6.45, 7) is 12.8. The summed E-state index contributed by atoms with van der Waals surface area (Å²) in [5, 5.41) is 0. The van der Waals surface area contributed by atoms with Crippen molar-refractivity contribution in [2.45, 2.75) is 67.2 Å². The lowest BCUT2D eigenvalue weighted by molar-refractivity contribution is 0.103. The Bertz CT molecular complexity index is 690. The molecule has 0 fully saturated rings. The van der Waals surface area contributed by atoms with Gasteiger partial charge >= 0.3 is 0 Å². The second-order valence-electron chi connectivity index (χ2n) is 7.04. The van der Waals surface area contributed by atoms with Gasteiger partial charge in [0.25, 0.3) is 0 Å². The molecule has 0 aliphatic rings. The predicted molar refractivity (Wildman–Crippen MR) is 103 cm³/mol. The quantitative estimate of drug-likeness (QED) is 0.591. The van der Waals surface area contributed by atoms with Crippen molar-refractivity contribution in [1.29, 1.82) is 0 Å². The van der Waals surface area contributed by atoms with Gasteiger partial charge in [-0.05, 0) is 74.9 Å². The van der Waals surface area contributed by atoms with Gasteiger partial charge in [-0.25, -0.2) is 0 Å². The average Bonchev–Trinajstić information content (AvgIpc) is 2.51. The molecule has 2 aromatic carbocycles. The molecule has 0 bridgehead atoms. The van der Waals surface area contributed by atoms with Crippen LogP contribution in [0.5, 0.6) is 0 Å². The van der Waals surface area contributed by atoms with E-state index in [1.165, 1.54) is 22.3 Å². The lowest BCUT2D eigenvalue weighted by Crippen LogP contribution is -2.12. The van der Waals surface area contributed by atoms with Crippen LogP contribution in [0.1, 0.15) is 76.0 Å². The summed E-state index contributed by atoms with van der Waals surface area (Å²) in [6, 6.07) is 8.54. The first kappa shape index (κ1) is 18.4. The van der Waals surface area contributed by atoms with Crippen molar-refractivity contribution in [3.8, 4) is 0 Å². The van der Waals surface area contributed by atoms with Gasteiger partial charge in [-0.1, -0.05) is 49.9 Å². The molecule has 0 spiro atoms. The van der Waals surface area contributed by atoms with Gasteiger partial charge in [0.2, 0.25) is 0 Å². The number of rotatable bonds is 6. The minimum atomic E-state index is 0.195. The van der Waals surface area contributed by atoms with Crippen molar-refractivity contribution in [3.63, 3.8) is 0 Å². The van der Waals surface area contributed by atoms with E-state index < -0.39 is 0 Å². The van der Waals surface area contributed by atoms with Crippen molar-refractivity contribution in [1.82, 2.24) is 0 Å². The van der Waals surface area contributed by atoms with Crippen LogP contribution in [0, 0.1) is 27.7 Å². The first-order chi connectivity index (χ1) is 11.4. The van der Waals surface area contributed by atoms with Gasteiger partial charge in [0, 0.05) is 11.1 Å². The van der Waals surface area contributed by atoms with Crippen LogP contribution < -0.4 is 0 Å². The second kappa shape index (κ2) is 7.79. The second-order valence-corrected chi connectivity index (χ2v) is 7.04. The highest BCUT2D eigenvalue weighted by Crippen LogP contribution is 2.26. The Morgan fingerprint density at radius 3 is 1.42 bits per heavy atom. The van der Waals surface area contributed by atoms with Crippen LogP contribution in [0.4, 0.5) is 0 Å². The maximum absolute atomic E-state index is 13.4. The van der Waals surface area contributed by atoms with Gasteiger partial charge in [-0.3, -0.25) is 4.79 Å². The highest BCUT2D eigenvalue weighted by molar-refractivity contribution is 6.11. The molecule has 0 aliphatic heterocycles. The summed E-state index contributed by atoms with van der Waals surface area (Å²) in [5.41, 5.74) is 9.04. The number of hydrogen-bond acceptors (Lipinski definition) is 1. The highest BCUT2D eigenvalue weighted by atomic mass is 16.1. The SMILES string of the molecule is CCCc1c(C)cc(C)cc1C(=O)c1cc(C)cc(C)c1CCC. The number of carbonyl (C=O) groups is 1. The lowest BCUT2D eigenvalue weighted by Gasteiger charge is -2.17. The molecular weight excluding hydrogens is 292 g/mol. The summed E-state index contributed by atoms with van der Waals surface area (Å²) >= 11 is 0. The van der Waals surface area contributed by atoms with Crippen molar-refractivity contribution < 1.29 is 4.79 Å². The Hall–Kier alpha value is -1.89. The normalized spacial score (nSPS) is 10.9. The van der Waals surface area contributed by atoms with E-state index in [4.69, 9.17) is 0 Å². The molecule has 1 nitrogen and oxygen atoms in total. The number of carbonyl (C=O) groups excluding carboxylic acids is 1. The van der Waals surface area contributed by atoms with Gasteiger partial charge in [-0.2, -0.15) is 0 Å². The smallest absolute Gasteiger partial charge is 0.193 e. The summed E-state index contributed by atoms with van der Waals surface area (Å²) in [4.78, 5) is 13.4. The fourth-order valence-electron chi connectivity index (χ4n) is 3.71. The third kappa shape index (κ3) is 3.77. The third-order valence-electron chi connectivity index (χ3n) is 4.72. The van der Waals surface area contributed by atoms with Gasteiger partial charge in [0.05, 0.1) is 0 Å². The standard InChI is InChI=1S/C23H30O/c1-7-9-19-17(5)11-15(3)13-21(19)23(24)22-14-16(4)12-18(6)20(22)10-8-2/h11-14H,7-10H2,1-6H3. The zero-order valence-electron chi connectivity index (χ0n) is 16.0. The zero-order chi connectivity index (χ0) is 17.9. The van der Waals surface area contributed by atoms with E-state index in [9.17, 15) is 4.79 Å². The summed E-state index contributed by atoms with van der Waals surface area (Å²) in [7, 11) is 0. The van der Waals surface area contributed by atoms with E-state index in [2.05, 4.69) is 65.8 Å². The van der Waals surface area contributed by atoms with E-state index in [1.807, 2.05) is 0 Å². The summed E-state index contributed by atoms with van der Waals surface area (Å²) in [6.07, 6.45) is 4.03. The molecule has 0 saturated heterocycles. The highest BCUT2D eigenvalue weighted by Gasteiger charge is 2.19. The Kier molecular flexibility index (Phi) is 5.99. The van der Waals surface area contributed by atoms with Gasteiger partial charge in [0.1, 0.15) is 0 Å². The Morgan fingerprint density at radius 2 is 1.08 bits per heavy atom. The van der Waals surface area contributed by atoms with Gasteiger partial charge < -0.3 is 0 Å². The average molecular weight is 322 g/mol. The molecule has 0 unspecified atom stereocenters. The third-order valence-corrected chi connectivity index (χ3v) is 4.72. The molecule has 2 rings (SSSR count). The Balaban J connectivity index is 2.65. The summed E-state index contributed by atoms with van der Waals surface area (Å²) in [5.74, 6) is 0.195. The van der Waals surface area contributed by atoms with Crippen molar-refractivity contribution in [2.75, 3.05) is 0 Å². The number of ketones is 1. The predicted octanol–water partition coefficient (Wildman–Crippen LogP) is 6.06. The summed E-state index contributed by atoms with van der Waals surface area (Å²) < 4.78 is 0. The van der Waals surface area contributed by atoms with Crippen LogP contribution >= 0.6 is 0 Å². The fourth-order valence-corrected chi connectivity index (χ4v) is 3.71. The van der Waals surface area contributed by atoms with Crippen LogP contribution in [0.3, 0.4) is 0 Å². The molecule has 0 saturated carbocycles. The molecule has 0 N–H and O–H groups in total. The van der Waals surface area contributed by atoms with E-state index >= 15 is 0 Å². The molecule has 0 radical (unpaired) electrons. The van der Waals surface area contributed by atoms with Crippen LogP contribution in [0.15, 0.2) is 24.3 Å². The topological polar surface area (TPSA) is 17.1 Å². The van der Waals surface area contributed by atoms with Gasteiger partial charge in [-0.15, -0.1) is 0 Å². The van der Waals surface area contributed by atoms with Crippen molar-refractivity contribution in [3.05, 3.63) is 68.8 Å². The largest absolute Gasteiger partial charge is 0.289 e. The van der Waals surface area contributed by atoms with Crippen LogP contribution in [-0.2, 0) is 12.8 Å². The first-order valence-corrected chi connectivity index (χ1v) is 9.13. The van der Waals surface area contributed by atoms with Crippen LogP contribution in [0.25, 0.3) is 0 Å². The monoisotopic (exact) mass is 322 g/mol. The number of hydrogen-bond donors (Lipinski definition) is 0. The molecule has 24 heavy (non-hydrogen) atoms.